The molecule has 0 bridgehead atoms. The van der Waals surface area contributed by atoms with Crippen LogP contribution in [0.4, 0.5) is 5.69 Å². The van der Waals surface area contributed by atoms with E-state index in [-0.39, 0.29) is 23.1 Å². The van der Waals surface area contributed by atoms with Gasteiger partial charge >= 0.3 is 0 Å². The fraction of sp³-hybridized carbons (Fsp3) is 0.0833. The van der Waals surface area contributed by atoms with Crippen LogP contribution < -0.4 is 10.0 Å². The summed E-state index contributed by atoms with van der Waals surface area (Å²) in [5, 5.41) is 2.78. The third kappa shape index (κ3) is 5.42. The van der Waals surface area contributed by atoms with Crippen LogP contribution in [0, 0.1) is 0 Å². The number of Topliss-reactive ketones (excluding diaryl/α,β-unsaturated/α-hetero) is 1. The number of carbonyl (C=O) groups excluding carboxylic acids is 2. The van der Waals surface area contributed by atoms with E-state index in [4.69, 9.17) is 0 Å². The molecule has 0 atom stereocenters. The summed E-state index contributed by atoms with van der Waals surface area (Å²) in [6.07, 6.45) is 6.61. The summed E-state index contributed by atoms with van der Waals surface area (Å²) in [6, 6.07) is 15.8. The summed E-state index contributed by atoms with van der Waals surface area (Å²) in [7, 11) is -3.74. The van der Waals surface area contributed by atoms with E-state index in [1.54, 1.807) is 65.9 Å². The lowest BCUT2D eigenvalue weighted by atomic mass is 10.1. The third-order valence-corrected chi connectivity index (χ3v) is 6.45. The number of rotatable bonds is 8. The standard InChI is InChI=1S/C24H21N5O4S/c1-17(30)19-6-9-22(10-7-19)34(32,33)27-14-18-2-4-20(5-3-18)24(31)28-21-8-11-23(26-15-21)29-13-12-25-16-29/h2-13,15-16,27H,14H2,1H3,(H,28,31). The molecule has 9 nitrogen and oxygen atoms in total. The highest BCUT2D eigenvalue weighted by Crippen LogP contribution is 2.14. The van der Waals surface area contributed by atoms with Crippen LogP contribution in [0.3, 0.4) is 0 Å². The second kappa shape index (κ2) is 9.77. The van der Waals surface area contributed by atoms with Crippen LogP contribution in [0.5, 0.6) is 0 Å². The molecule has 2 aromatic heterocycles. The van der Waals surface area contributed by atoms with Crippen molar-refractivity contribution >= 4 is 27.4 Å². The first-order chi connectivity index (χ1) is 16.3. The predicted molar refractivity (Wildman–Crippen MR) is 126 cm³/mol. The van der Waals surface area contributed by atoms with Gasteiger partial charge in [0, 0.05) is 30.1 Å². The van der Waals surface area contributed by atoms with Crippen LogP contribution in [0.15, 0.2) is 90.5 Å². The van der Waals surface area contributed by atoms with Crippen molar-refractivity contribution in [2.45, 2.75) is 18.4 Å². The Bertz CT molecular complexity index is 1400. The van der Waals surface area contributed by atoms with Gasteiger partial charge in [0.15, 0.2) is 5.78 Å². The topological polar surface area (TPSA) is 123 Å². The SMILES string of the molecule is CC(=O)c1ccc(S(=O)(=O)NCc2ccc(C(=O)Nc3ccc(-n4ccnc4)nc3)cc2)cc1. The fourth-order valence-electron chi connectivity index (χ4n) is 3.12. The van der Waals surface area contributed by atoms with E-state index >= 15 is 0 Å². The van der Waals surface area contributed by atoms with E-state index < -0.39 is 10.0 Å². The zero-order valence-electron chi connectivity index (χ0n) is 18.2. The van der Waals surface area contributed by atoms with Crippen LogP contribution in [-0.2, 0) is 16.6 Å². The van der Waals surface area contributed by atoms with Gasteiger partial charge in [0.05, 0.1) is 16.8 Å². The molecule has 2 aromatic carbocycles. The summed E-state index contributed by atoms with van der Waals surface area (Å²) in [5.41, 5.74) is 2.09. The minimum atomic E-state index is -3.74. The highest BCUT2D eigenvalue weighted by atomic mass is 32.2. The number of aromatic nitrogens is 3. The zero-order valence-corrected chi connectivity index (χ0v) is 19.0. The van der Waals surface area contributed by atoms with Crippen LogP contribution in [-0.4, -0.2) is 34.6 Å². The third-order valence-electron chi connectivity index (χ3n) is 5.03. The van der Waals surface area contributed by atoms with Crippen molar-refractivity contribution in [3.63, 3.8) is 0 Å². The van der Waals surface area contributed by atoms with Gasteiger partial charge in [0.1, 0.15) is 12.1 Å². The van der Waals surface area contributed by atoms with Gasteiger partial charge in [-0.25, -0.2) is 23.1 Å². The molecule has 0 saturated carbocycles. The summed E-state index contributed by atoms with van der Waals surface area (Å²) < 4.78 is 29.3. The molecule has 4 rings (SSSR count). The smallest absolute Gasteiger partial charge is 0.255 e. The number of benzene rings is 2. The molecule has 10 heteroatoms. The normalized spacial score (nSPS) is 11.2. The first-order valence-corrected chi connectivity index (χ1v) is 11.8. The lowest BCUT2D eigenvalue weighted by molar-refractivity contribution is 0.101. The van der Waals surface area contributed by atoms with Gasteiger partial charge in [-0.3, -0.25) is 14.2 Å². The largest absolute Gasteiger partial charge is 0.321 e. The van der Waals surface area contributed by atoms with E-state index in [2.05, 4.69) is 20.0 Å². The Balaban J connectivity index is 1.35. The van der Waals surface area contributed by atoms with E-state index in [1.807, 2.05) is 0 Å². The molecule has 0 aliphatic rings. The van der Waals surface area contributed by atoms with Gasteiger partial charge in [-0.1, -0.05) is 24.3 Å². The zero-order chi connectivity index (χ0) is 24.1. The molecule has 1 amide bonds. The van der Waals surface area contributed by atoms with Gasteiger partial charge in [-0.05, 0) is 48.9 Å². The molecule has 0 spiro atoms. The summed E-state index contributed by atoms with van der Waals surface area (Å²) in [5.74, 6) is 0.232. The average Bonchev–Trinajstić information content (AvgIpc) is 3.39. The van der Waals surface area contributed by atoms with Crippen LogP contribution in [0.2, 0.25) is 0 Å². The van der Waals surface area contributed by atoms with Crippen molar-refractivity contribution in [2.75, 3.05) is 5.32 Å². The van der Waals surface area contributed by atoms with Crippen molar-refractivity contribution in [3.05, 3.63) is 102 Å². The van der Waals surface area contributed by atoms with Crippen molar-refractivity contribution in [2.24, 2.45) is 0 Å². The quantitative estimate of drug-likeness (QED) is 0.377. The Kier molecular flexibility index (Phi) is 6.62. The Hall–Kier alpha value is -4.15. The minimum absolute atomic E-state index is 0.0539. The maximum absolute atomic E-state index is 12.5. The Morgan fingerprint density at radius 3 is 2.24 bits per heavy atom. The monoisotopic (exact) mass is 475 g/mol. The molecule has 0 aliphatic heterocycles. The summed E-state index contributed by atoms with van der Waals surface area (Å²) in [6.45, 7) is 1.47. The number of hydrogen-bond donors (Lipinski definition) is 2. The molecule has 2 heterocycles. The predicted octanol–water partition coefficient (Wildman–Crippen LogP) is 3.20. The summed E-state index contributed by atoms with van der Waals surface area (Å²) >= 11 is 0. The molecular weight excluding hydrogens is 454 g/mol. The number of nitrogens with zero attached hydrogens (tertiary/aromatic N) is 3. The number of sulfonamides is 1. The van der Waals surface area contributed by atoms with Gasteiger partial charge < -0.3 is 5.32 Å². The number of hydrogen-bond acceptors (Lipinski definition) is 6. The van der Waals surface area contributed by atoms with Crippen molar-refractivity contribution in [3.8, 4) is 5.82 Å². The van der Waals surface area contributed by atoms with Crippen LogP contribution >= 0.6 is 0 Å². The van der Waals surface area contributed by atoms with Crippen molar-refractivity contribution < 1.29 is 18.0 Å². The number of pyridine rings is 1. The Morgan fingerprint density at radius 1 is 0.941 bits per heavy atom. The second-order valence-corrected chi connectivity index (χ2v) is 9.20. The number of nitrogens with one attached hydrogen (secondary N) is 2. The molecule has 172 valence electrons. The highest BCUT2D eigenvalue weighted by molar-refractivity contribution is 7.89. The first-order valence-electron chi connectivity index (χ1n) is 10.3. The van der Waals surface area contributed by atoms with E-state index in [0.29, 0.717) is 28.2 Å². The van der Waals surface area contributed by atoms with Gasteiger partial charge in [0.25, 0.3) is 5.91 Å². The molecule has 0 radical (unpaired) electrons. The minimum Gasteiger partial charge on any atom is -0.321 e. The van der Waals surface area contributed by atoms with E-state index in [1.165, 1.54) is 31.2 Å². The number of imidazole rings is 1. The molecule has 4 aromatic rings. The number of anilines is 1. The van der Waals surface area contributed by atoms with Crippen molar-refractivity contribution in [1.82, 2.24) is 19.3 Å². The lowest BCUT2D eigenvalue weighted by Gasteiger charge is -2.09. The molecule has 34 heavy (non-hydrogen) atoms. The maximum Gasteiger partial charge on any atom is 0.255 e. The lowest BCUT2D eigenvalue weighted by Crippen LogP contribution is -2.23. The van der Waals surface area contributed by atoms with Gasteiger partial charge in [-0.2, -0.15) is 0 Å². The highest BCUT2D eigenvalue weighted by Gasteiger charge is 2.14. The molecular formula is C24H21N5O4S. The molecule has 0 aliphatic carbocycles. The second-order valence-electron chi connectivity index (χ2n) is 7.43. The average molecular weight is 476 g/mol. The van der Waals surface area contributed by atoms with Crippen molar-refractivity contribution in [1.29, 1.82) is 0 Å². The Labute approximate surface area is 196 Å². The molecule has 0 saturated heterocycles. The maximum atomic E-state index is 12.5. The number of amides is 1. The fourth-order valence-corrected chi connectivity index (χ4v) is 4.13. The first kappa shape index (κ1) is 23.0. The van der Waals surface area contributed by atoms with Gasteiger partial charge in [0.2, 0.25) is 10.0 Å². The number of carbonyl (C=O) groups is 2. The van der Waals surface area contributed by atoms with Gasteiger partial charge in [-0.15, -0.1) is 0 Å². The summed E-state index contributed by atoms with van der Waals surface area (Å²) in [4.78, 5) is 32.2. The van der Waals surface area contributed by atoms with Crippen LogP contribution in [0.25, 0.3) is 5.82 Å². The Morgan fingerprint density at radius 2 is 1.65 bits per heavy atom. The van der Waals surface area contributed by atoms with E-state index in [0.717, 1.165) is 0 Å². The molecule has 0 unspecified atom stereocenters. The molecule has 0 fully saturated rings. The van der Waals surface area contributed by atoms with E-state index in [9.17, 15) is 18.0 Å². The number of ketones is 1. The van der Waals surface area contributed by atoms with Crippen LogP contribution in [0.1, 0.15) is 33.2 Å². The molecule has 2 N–H and O–H groups in total.